The number of hydrogen-bond donors (Lipinski definition) is 2. The molecule has 2 aliphatic heterocycles. The molecule has 8 heteroatoms. The molecule has 2 N–H and O–H groups in total. The van der Waals surface area contributed by atoms with Crippen molar-refractivity contribution in [3.05, 3.63) is 0 Å². The molecule has 130 valence electrons. The predicted octanol–water partition coefficient (Wildman–Crippen LogP) is 0.831. The number of likely N-dealkylation sites (tertiary alicyclic amines) is 1. The van der Waals surface area contributed by atoms with Crippen LogP contribution in [0, 0.1) is 0 Å². The van der Waals surface area contributed by atoms with Gasteiger partial charge in [0.2, 0.25) is 0 Å². The lowest BCUT2D eigenvalue weighted by atomic mass is 10.2. The SMILES string of the molecule is CCC(CNC(=NC)NC1CCS(=O)(=O)C1)N1CCCC1.I. The third-order valence-corrected chi connectivity index (χ3v) is 6.20. The quantitative estimate of drug-likeness (QED) is 0.374. The van der Waals surface area contributed by atoms with Gasteiger partial charge in [-0.25, -0.2) is 8.42 Å². The number of guanidine groups is 1. The zero-order chi connectivity index (χ0) is 15.3. The average molecular weight is 444 g/mol. The van der Waals surface area contributed by atoms with Crippen LogP contribution in [-0.4, -0.2) is 69.5 Å². The smallest absolute Gasteiger partial charge is 0.191 e. The first-order valence-corrected chi connectivity index (χ1v) is 9.78. The molecular formula is C14H29IN4O2S. The van der Waals surface area contributed by atoms with Gasteiger partial charge in [0.1, 0.15) is 0 Å². The Morgan fingerprint density at radius 1 is 1.36 bits per heavy atom. The number of sulfone groups is 1. The number of rotatable bonds is 5. The van der Waals surface area contributed by atoms with Crippen LogP contribution in [0.5, 0.6) is 0 Å². The molecule has 0 amide bonds. The molecule has 6 nitrogen and oxygen atoms in total. The summed E-state index contributed by atoms with van der Waals surface area (Å²) in [6, 6.07) is 0.520. The Bertz CT molecular complexity index is 463. The Morgan fingerprint density at radius 3 is 2.55 bits per heavy atom. The summed E-state index contributed by atoms with van der Waals surface area (Å²) in [6.07, 6.45) is 4.38. The summed E-state index contributed by atoms with van der Waals surface area (Å²) in [4.78, 5) is 6.74. The van der Waals surface area contributed by atoms with E-state index in [9.17, 15) is 8.42 Å². The fourth-order valence-corrected chi connectivity index (χ4v) is 4.82. The van der Waals surface area contributed by atoms with Crippen molar-refractivity contribution in [3.63, 3.8) is 0 Å². The minimum atomic E-state index is -2.85. The van der Waals surface area contributed by atoms with Crippen molar-refractivity contribution < 1.29 is 8.42 Å². The largest absolute Gasteiger partial charge is 0.355 e. The highest BCUT2D eigenvalue weighted by Gasteiger charge is 2.28. The van der Waals surface area contributed by atoms with Crippen molar-refractivity contribution in [2.24, 2.45) is 4.99 Å². The maximum atomic E-state index is 11.5. The first-order valence-electron chi connectivity index (χ1n) is 7.95. The molecule has 2 rings (SSSR count). The van der Waals surface area contributed by atoms with E-state index in [1.807, 2.05) is 0 Å². The van der Waals surface area contributed by atoms with Crippen molar-refractivity contribution >= 4 is 39.8 Å². The number of nitrogens with zero attached hydrogens (tertiary/aromatic N) is 2. The van der Waals surface area contributed by atoms with Crippen LogP contribution in [0.1, 0.15) is 32.6 Å². The summed E-state index contributed by atoms with van der Waals surface area (Å²) in [5.74, 6) is 1.22. The highest BCUT2D eigenvalue weighted by molar-refractivity contribution is 14.0. The molecule has 2 unspecified atom stereocenters. The van der Waals surface area contributed by atoms with Gasteiger partial charge in [-0.2, -0.15) is 0 Å². The van der Waals surface area contributed by atoms with Crippen LogP contribution < -0.4 is 10.6 Å². The summed E-state index contributed by atoms with van der Waals surface area (Å²) in [5, 5.41) is 6.59. The zero-order valence-corrected chi connectivity index (χ0v) is 16.7. The molecule has 22 heavy (non-hydrogen) atoms. The van der Waals surface area contributed by atoms with Crippen LogP contribution in [-0.2, 0) is 9.84 Å². The second-order valence-electron chi connectivity index (χ2n) is 6.00. The summed E-state index contributed by atoms with van der Waals surface area (Å²) < 4.78 is 23.0. The van der Waals surface area contributed by atoms with Gasteiger partial charge >= 0.3 is 0 Å². The van der Waals surface area contributed by atoms with Gasteiger partial charge in [-0.3, -0.25) is 9.89 Å². The van der Waals surface area contributed by atoms with E-state index in [0.717, 1.165) is 18.9 Å². The van der Waals surface area contributed by atoms with Crippen molar-refractivity contribution in [3.8, 4) is 0 Å². The van der Waals surface area contributed by atoms with Gasteiger partial charge in [0.25, 0.3) is 0 Å². The Kier molecular flexibility index (Phi) is 8.40. The van der Waals surface area contributed by atoms with Crippen molar-refractivity contribution in [1.82, 2.24) is 15.5 Å². The molecule has 0 aromatic carbocycles. The third-order valence-electron chi connectivity index (χ3n) is 4.43. The molecule has 2 heterocycles. The van der Waals surface area contributed by atoms with Gasteiger partial charge < -0.3 is 10.6 Å². The van der Waals surface area contributed by atoms with Gasteiger partial charge in [-0.15, -0.1) is 24.0 Å². The standard InChI is InChI=1S/C14H28N4O2S.HI/c1-3-13(18-7-4-5-8-18)10-16-14(15-2)17-12-6-9-21(19,20)11-12;/h12-13H,3-11H2,1-2H3,(H2,15,16,17);1H. The Labute approximate surface area is 151 Å². The van der Waals surface area contributed by atoms with E-state index in [0.29, 0.717) is 12.5 Å². The first-order chi connectivity index (χ1) is 10.0. The van der Waals surface area contributed by atoms with Gasteiger partial charge in [-0.1, -0.05) is 6.92 Å². The summed E-state index contributed by atoms with van der Waals surface area (Å²) in [7, 11) is -1.12. The zero-order valence-electron chi connectivity index (χ0n) is 13.5. The van der Waals surface area contributed by atoms with Crippen molar-refractivity contribution in [2.75, 3.05) is 38.2 Å². The Hall–Kier alpha value is -0.0900. The lowest BCUT2D eigenvalue weighted by Gasteiger charge is -2.27. The van der Waals surface area contributed by atoms with E-state index < -0.39 is 9.84 Å². The molecule has 2 aliphatic rings. The number of nitrogens with one attached hydrogen (secondary N) is 2. The van der Waals surface area contributed by atoms with Gasteiger partial charge in [0.15, 0.2) is 15.8 Å². The fourth-order valence-electron chi connectivity index (χ4n) is 3.15. The average Bonchev–Trinajstić information content (AvgIpc) is 3.08. The van der Waals surface area contributed by atoms with Crippen LogP contribution in [0.25, 0.3) is 0 Å². The molecule has 2 saturated heterocycles. The number of hydrogen-bond acceptors (Lipinski definition) is 4. The predicted molar refractivity (Wildman–Crippen MR) is 102 cm³/mol. The van der Waals surface area contributed by atoms with Crippen LogP contribution in [0.4, 0.5) is 0 Å². The molecule has 0 bridgehead atoms. The molecule has 2 fully saturated rings. The Balaban J connectivity index is 0.00000242. The monoisotopic (exact) mass is 444 g/mol. The topological polar surface area (TPSA) is 73.8 Å². The van der Waals surface area contributed by atoms with Crippen LogP contribution in [0.15, 0.2) is 4.99 Å². The third kappa shape index (κ3) is 5.84. The molecule has 0 saturated carbocycles. The fraction of sp³-hybridized carbons (Fsp3) is 0.929. The van der Waals surface area contributed by atoms with Crippen LogP contribution in [0.2, 0.25) is 0 Å². The minimum absolute atomic E-state index is 0. The maximum absolute atomic E-state index is 11.5. The van der Waals surface area contributed by atoms with E-state index in [2.05, 4.69) is 27.4 Å². The maximum Gasteiger partial charge on any atom is 0.191 e. The molecule has 0 aromatic heterocycles. The second kappa shape index (κ2) is 9.27. The molecule has 0 aromatic rings. The van der Waals surface area contributed by atoms with Crippen LogP contribution in [0.3, 0.4) is 0 Å². The molecule has 0 radical (unpaired) electrons. The highest BCUT2D eigenvalue weighted by Crippen LogP contribution is 2.14. The Morgan fingerprint density at radius 2 is 2.05 bits per heavy atom. The molecular weight excluding hydrogens is 415 g/mol. The summed E-state index contributed by atoms with van der Waals surface area (Å²) >= 11 is 0. The van der Waals surface area contributed by atoms with E-state index in [1.54, 1.807) is 7.05 Å². The van der Waals surface area contributed by atoms with Gasteiger partial charge in [0, 0.05) is 25.7 Å². The number of aliphatic imine (C=N–C) groups is 1. The lowest BCUT2D eigenvalue weighted by molar-refractivity contribution is 0.236. The van der Waals surface area contributed by atoms with E-state index >= 15 is 0 Å². The van der Waals surface area contributed by atoms with Crippen molar-refractivity contribution in [2.45, 2.75) is 44.7 Å². The molecule has 0 spiro atoms. The van der Waals surface area contributed by atoms with E-state index in [4.69, 9.17) is 0 Å². The lowest BCUT2D eigenvalue weighted by Crippen LogP contribution is -2.49. The summed E-state index contributed by atoms with van der Waals surface area (Å²) in [5.41, 5.74) is 0. The normalized spacial score (nSPS) is 26.5. The minimum Gasteiger partial charge on any atom is -0.355 e. The van der Waals surface area contributed by atoms with E-state index in [1.165, 1.54) is 25.9 Å². The van der Waals surface area contributed by atoms with Gasteiger partial charge in [0.05, 0.1) is 11.5 Å². The highest BCUT2D eigenvalue weighted by atomic mass is 127. The van der Waals surface area contributed by atoms with E-state index in [-0.39, 0.29) is 41.5 Å². The molecule has 0 aliphatic carbocycles. The first kappa shape index (κ1) is 20.0. The number of halogens is 1. The van der Waals surface area contributed by atoms with Crippen molar-refractivity contribution in [1.29, 1.82) is 0 Å². The van der Waals surface area contributed by atoms with Gasteiger partial charge in [-0.05, 0) is 38.8 Å². The van der Waals surface area contributed by atoms with Crippen LogP contribution >= 0.6 is 24.0 Å². The summed E-state index contributed by atoms with van der Waals surface area (Å²) in [6.45, 7) is 5.44. The molecule has 2 atom stereocenters. The second-order valence-corrected chi connectivity index (χ2v) is 8.23.